The number of likely N-dealkylation sites (tertiary alicyclic amines) is 1. The molecule has 0 bridgehead atoms. The molecule has 0 aliphatic carbocycles. The van der Waals surface area contributed by atoms with Gasteiger partial charge < -0.3 is 14.6 Å². The highest BCUT2D eigenvalue weighted by molar-refractivity contribution is 6.02. The molecule has 1 fully saturated rings. The van der Waals surface area contributed by atoms with Gasteiger partial charge in [-0.15, -0.1) is 0 Å². The van der Waals surface area contributed by atoms with Crippen molar-refractivity contribution in [2.75, 3.05) is 11.9 Å². The van der Waals surface area contributed by atoms with E-state index in [1.165, 1.54) is 12.5 Å². The molecule has 2 amide bonds. The van der Waals surface area contributed by atoms with Crippen LogP contribution in [0.4, 0.5) is 5.69 Å². The maximum absolute atomic E-state index is 12.9. The molecule has 0 saturated carbocycles. The molecule has 1 atom stereocenters. The number of hydrogen-bond donors (Lipinski definition) is 1. The van der Waals surface area contributed by atoms with Gasteiger partial charge in [0.15, 0.2) is 5.76 Å². The van der Waals surface area contributed by atoms with E-state index in [2.05, 4.69) is 15.5 Å². The Morgan fingerprint density at radius 2 is 2.14 bits per heavy atom. The molecule has 3 aromatic heterocycles. The molecule has 1 N–H and O–H groups in total. The minimum Gasteiger partial charge on any atom is -0.459 e. The van der Waals surface area contributed by atoms with Crippen LogP contribution in [0.25, 0.3) is 0 Å². The van der Waals surface area contributed by atoms with Crippen LogP contribution in [0.3, 0.4) is 0 Å². The molecule has 4 heterocycles. The van der Waals surface area contributed by atoms with Gasteiger partial charge in [-0.25, -0.2) is 0 Å². The summed E-state index contributed by atoms with van der Waals surface area (Å²) < 4.78 is 8.53. The molecule has 0 aromatic carbocycles. The van der Waals surface area contributed by atoms with Crippen LogP contribution in [0, 0.1) is 0 Å². The molecular formula is C20H24N6O3. The van der Waals surface area contributed by atoms with Crippen LogP contribution < -0.4 is 5.32 Å². The fraction of sp³-hybridized carbons (Fsp3) is 0.400. The number of carbonyl (C=O) groups is 2. The molecule has 0 radical (unpaired) electrons. The Morgan fingerprint density at radius 3 is 2.93 bits per heavy atom. The van der Waals surface area contributed by atoms with Gasteiger partial charge in [0.05, 0.1) is 18.1 Å². The first kappa shape index (κ1) is 19.0. The number of amides is 2. The number of aromatic nitrogens is 4. The second-order valence-electron chi connectivity index (χ2n) is 7.15. The Morgan fingerprint density at radius 1 is 1.21 bits per heavy atom. The van der Waals surface area contributed by atoms with Crippen LogP contribution in [-0.4, -0.2) is 48.9 Å². The monoisotopic (exact) mass is 396 g/mol. The topological polar surface area (TPSA) is 98.2 Å². The molecule has 0 spiro atoms. The SMILES string of the molecule is O=C(Nc1cnn(CC(=O)N2CCCCC2CCn2cccn2)c1)c1ccco1. The summed E-state index contributed by atoms with van der Waals surface area (Å²) in [5.74, 6) is -0.0834. The largest absolute Gasteiger partial charge is 0.459 e. The van der Waals surface area contributed by atoms with Crippen molar-refractivity contribution in [1.29, 1.82) is 0 Å². The maximum atomic E-state index is 12.9. The molecular weight excluding hydrogens is 372 g/mol. The lowest BCUT2D eigenvalue weighted by Gasteiger charge is -2.36. The van der Waals surface area contributed by atoms with E-state index in [1.54, 1.807) is 29.2 Å². The van der Waals surface area contributed by atoms with Gasteiger partial charge in [-0.3, -0.25) is 19.0 Å². The van der Waals surface area contributed by atoms with Crippen molar-refractivity contribution in [3.63, 3.8) is 0 Å². The predicted molar refractivity (Wildman–Crippen MR) is 105 cm³/mol. The molecule has 4 rings (SSSR count). The number of piperidine rings is 1. The van der Waals surface area contributed by atoms with Crippen molar-refractivity contribution in [3.8, 4) is 0 Å². The van der Waals surface area contributed by atoms with E-state index in [4.69, 9.17) is 4.42 Å². The number of hydrogen-bond acceptors (Lipinski definition) is 5. The number of rotatable bonds is 7. The lowest BCUT2D eigenvalue weighted by Crippen LogP contribution is -2.45. The fourth-order valence-corrected chi connectivity index (χ4v) is 3.69. The van der Waals surface area contributed by atoms with Crippen molar-refractivity contribution in [2.24, 2.45) is 0 Å². The van der Waals surface area contributed by atoms with Gasteiger partial charge in [-0.2, -0.15) is 10.2 Å². The Balaban J connectivity index is 1.33. The van der Waals surface area contributed by atoms with Crippen molar-refractivity contribution < 1.29 is 14.0 Å². The van der Waals surface area contributed by atoms with Crippen molar-refractivity contribution in [1.82, 2.24) is 24.5 Å². The highest BCUT2D eigenvalue weighted by Crippen LogP contribution is 2.21. The van der Waals surface area contributed by atoms with E-state index in [1.807, 2.05) is 21.8 Å². The van der Waals surface area contributed by atoms with Gasteiger partial charge in [0.1, 0.15) is 6.54 Å². The Hall–Kier alpha value is -3.36. The second kappa shape index (κ2) is 8.76. The Labute approximate surface area is 168 Å². The third-order valence-electron chi connectivity index (χ3n) is 5.13. The van der Waals surface area contributed by atoms with Gasteiger partial charge >= 0.3 is 0 Å². The molecule has 1 aliphatic heterocycles. The first-order valence-corrected chi connectivity index (χ1v) is 9.83. The first-order valence-electron chi connectivity index (χ1n) is 9.83. The molecule has 3 aromatic rings. The van der Waals surface area contributed by atoms with Gasteiger partial charge in [0.25, 0.3) is 5.91 Å². The average Bonchev–Trinajstić information content (AvgIpc) is 3.49. The summed E-state index contributed by atoms with van der Waals surface area (Å²) in [5, 5.41) is 11.2. The van der Waals surface area contributed by atoms with E-state index in [9.17, 15) is 9.59 Å². The molecule has 9 heteroatoms. The van der Waals surface area contributed by atoms with Gasteiger partial charge in [-0.1, -0.05) is 0 Å². The van der Waals surface area contributed by atoms with Gasteiger partial charge in [0, 0.05) is 37.7 Å². The zero-order valence-electron chi connectivity index (χ0n) is 16.1. The summed E-state index contributed by atoms with van der Waals surface area (Å²) in [7, 11) is 0. The number of anilines is 1. The summed E-state index contributed by atoms with van der Waals surface area (Å²) in [6.45, 7) is 1.72. The van der Waals surface area contributed by atoms with Crippen LogP contribution in [-0.2, 0) is 17.9 Å². The van der Waals surface area contributed by atoms with Gasteiger partial charge in [-0.05, 0) is 43.9 Å². The van der Waals surface area contributed by atoms with Gasteiger partial charge in [0.2, 0.25) is 5.91 Å². The Bertz CT molecular complexity index is 932. The van der Waals surface area contributed by atoms with Crippen molar-refractivity contribution in [3.05, 3.63) is 55.0 Å². The molecule has 1 aliphatic rings. The lowest BCUT2D eigenvalue weighted by molar-refractivity contribution is -0.136. The van der Waals surface area contributed by atoms with Crippen LogP contribution in [0.15, 0.2) is 53.7 Å². The lowest BCUT2D eigenvalue weighted by atomic mass is 9.99. The van der Waals surface area contributed by atoms with Crippen LogP contribution >= 0.6 is 0 Å². The number of nitrogens with zero attached hydrogens (tertiary/aromatic N) is 5. The highest BCUT2D eigenvalue weighted by atomic mass is 16.3. The standard InChI is InChI=1S/C20H24N6O3/c27-19(26-10-2-1-5-17(26)7-11-24-9-4-8-21-24)15-25-14-16(13-22-25)23-20(28)18-6-3-12-29-18/h3-4,6,8-9,12-14,17H,1-2,5,7,10-11,15H2,(H,23,28). The van der Waals surface area contributed by atoms with Crippen LogP contribution in [0.1, 0.15) is 36.2 Å². The zero-order valence-corrected chi connectivity index (χ0v) is 16.1. The third kappa shape index (κ3) is 4.74. The van der Waals surface area contributed by atoms with Crippen LogP contribution in [0.2, 0.25) is 0 Å². The number of carbonyl (C=O) groups excluding carboxylic acids is 2. The number of aryl methyl sites for hydroxylation is 1. The minimum atomic E-state index is -0.351. The third-order valence-corrected chi connectivity index (χ3v) is 5.13. The summed E-state index contributed by atoms with van der Waals surface area (Å²) in [4.78, 5) is 26.9. The van der Waals surface area contributed by atoms with Crippen molar-refractivity contribution in [2.45, 2.75) is 44.8 Å². The summed E-state index contributed by atoms with van der Waals surface area (Å²) in [6, 6.07) is 5.36. The molecule has 1 unspecified atom stereocenters. The van der Waals surface area contributed by atoms with E-state index in [0.29, 0.717) is 5.69 Å². The summed E-state index contributed by atoms with van der Waals surface area (Å²) >= 11 is 0. The number of nitrogens with one attached hydrogen (secondary N) is 1. The molecule has 152 valence electrons. The van der Waals surface area contributed by atoms with E-state index in [0.717, 1.165) is 38.8 Å². The molecule has 1 saturated heterocycles. The highest BCUT2D eigenvalue weighted by Gasteiger charge is 2.26. The smallest absolute Gasteiger partial charge is 0.291 e. The molecule has 9 nitrogen and oxygen atoms in total. The quantitative estimate of drug-likeness (QED) is 0.661. The fourth-order valence-electron chi connectivity index (χ4n) is 3.69. The zero-order chi connectivity index (χ0) is 20.1. The minimum absolute atomic E-state index is 0.0437. The van der Waals surface area contributed by atoms with Crippen LogP contribution in [0.5, 0.6) is 0 Å². The second-order valence-corrected chi connectivity index (χ2v) is 7.15. The van der Waals surface area contributed by atoms with E-state index >= 15 is 0 Å². The average molecular weight is 396 g/mol. The maximum Gasteiger partial charge on any atom is 0.291 e. The van der Waals surface area contributed by atoms with Crippen molar-refractivity contribution >= 4 is 17.5 Å². The number of furan rings is 1. The summed E-state index contributed by atoms with van der Waals surface area (Å²) in [5.41, 5.74) is 0.521. The summed E-state index contributed by atoms with van der Waals surface area (Å²) in [6.07, 6.45) is 12.4. The normalized spacial score (nSPS) is 16.7. The first-order chi connectivity index (χ1) is 14.2. The molecule has 29 heavy (non-hydrogen) atoms. The predicted octanol–water partition coefficient (Wildman–Crippen LogP) is 2.40. The van der Waals surface area contributed by atoms with E-state index < -0.39 is 0 Å². The Kier molecular flexibility index (Phi) is 5.73. The van der Waals surface area contributed by atoms with E-state index in [-0.39, 0.29) is 30.2 Å².